The van der Waals surface area contributed by atoms with E-state index in [4.69, 9.17) is 4.74 Å². The van der Waals surface area contributed by atoms with Crippen LogP contribution in [0.2, 0.25) is 0 Å². The lowest BCUT2D eigenvalue weighted by Gasteiger charge is -2.02. The Hall–Kier alpha value is -1.67. The first kappa shape index (κ1) is 12.4. The van der Waals surface area contributed by atoms with Gasteiger partial charge in [-0.3, -0.25) is 10.1 Å². The van der Waals surface area contributed by atoms with E-state index in [0.29, 0.717) is 23.5 Å². The Morgan fingerprint density at radius 2 is 2.31 bits per heavy atom. The molecule has 1 aromatic rings. The van der Waals surface area contributed by atoms with Crippen LogP contribution in [0.3, 0.4) is 0 Å². The number of nitrogens with zero attached hydrogens (tertiary/aromatic N) is 1. The molecule has 1 aromatic carbocycles. The maximum Gasteiger partial charge on any atom is 0.288 e. The predicted molar refractivity (Wildman–Crippen MR) is 65.0 cm³/mol. The van der Waals surface area contributed by atoms with Crippen LogP contribution in [0.4, 0.5) is 5.69 Å². The number of hydrogen-bond acceptors (Lipinski definition) is 4. The highest BCUT2D eigenvalue weighted by atomic mass is 32.1. The first-order chi connectivity index (χ1) is 7.70. The lowest BCUT2D eigenvalue weighted by atomic mass is 10.1. The van der Waals surface area contributed by atoms with Gasteiger partial charge in [-0.25, -0.2) is 0 Å². The van der Waals surface area contributed by atoms with Crippen LogP contribution in [0.1, 0.15) is 12.0 Å². The van der Waals surface area contributed by atoms with Crippen molar-refractivity contribution in [2.45, 2.75) is 6.42 Å². The first-order valence-corrected chi connectivity index (χ1v) is 5.25. The number of rotatable bonds is 3. The van der Waals surface area contributed by atoms with Gasteiger partial charge in [0.15, 0.2) is 0 Å². The second-order valence-electron chi connectivity index (χ2n) is 2.89. The molecule has 0 saturated heterocycles. The molecule has 0 spiro atoms. The largest absolute Gasteiger partial charge is 0.495 e. The zero-order valence-electron chi connectivity index (χ0n) is 8.77. The van der Waals surface area contributed by atoms with Crippen LogP contribution in [0, 0.1) is 22.0 Å². The summed E-state index contributed by atoms with van der Waals surface area (Å²) < 4.78 is 5.04. The molecule has 0 radical (unpaired) electrons. The molecule has 5 heteroatoms. The zero-order valence-corrected chi connectivity index (χ0v) is 9.66. The van der Waals surface area contributed by atoms with Gasteiger partial charge >= 0.3 is 0 Å². The number of benzene rings is 1. The van der Waals surface area contributed by atoms with E-state index in [1.807, 2.05) is 0 Å². The Balaban J connectivity index is 3.21. The van der Waals surface area contributed by atoms with Crippen LogP contribution in [0.25, 0.3) is 0 Å². The maximum absolute atomic E-state index is 10.8. The minimum Gasteiger partial charge on any atom is -0.495 e. The number of nitro benzene ring substituents is 1. The summed E-state index contributed by atoms with van der Waals surface area (Å²) in [6, 6.07) is 4.63. The van der Waals surface area contributed by atoms with Gasteiger partial charge in [-0.1, -0.05) is 17.9 Å². The highest BCUT2D eigenvalue weighted by Gasteiger charge is 2.15. The van der Waals surface area contributed by atoms with Gasteiger partial charge in [-0.15, -0.1) is 0 Å². The van der Waals surface area contributed by atoms with E-state index in [0.717, 1.165) is 0 Å². The highest BCUT2D eigenvalue weighted by Crippen LogP contribution is 2.26. The summed E-state index contributed by atoms with van der Waals surface area (Å²) in [6.07, 6.45) is 0.582. The minimum atomic E-state index is -0.465. The van der Waals surface area contributed by atoms with E-state index >= 15 is 0 Å². The van der Waals surface area contributed by atoms with Crippen LogP contribution in [0.5, 0.6) is 5.75 Å². The van der Waals surface area contributed by atoms with Crippen molar-refractivity contribution in [3.05, 3.63) is 33.9 Å². The topological polar surface area (TPSA) is 52.4 Å². The monoisotopic (exact) mass is 237 g/mol. The summed E-state index contributed by atoms with van der Waals surface area (Å²) in [5, 5.41) is 10.8. The molecule has 0 saturated carbocycles. The third-order valence-electron chi connectivity index (χ3n) is 1.87. The summed E-state index contributed by atoms with van der Waals surface area (Å²) >= 11 is 4.01. The molecule has 0 fully saturated rings. The summed E-state index contributed by atoms with van der Waals surface area (Å²) in [5.74, 6) is 6.60. The van der Waals surface area contributed by atoms with Crippen molar-refractivity contribution >= 4 is 18.3 Å². The second-order valence-corrected chi connectivity index (χ2v) is 3.33. The van der Waals surface area contributed by atoms with E-state index in [-0.39, 0.29) is 5.69 Å². The molecule has 0 amide bonds. The fourth-order valence-corrected chi connectivity index (χ4v) is 1.29. The van der Waals surface area contributed by atoms with Gasteiger partial charge in [0.1, 0.15) is 11.3 Å². The molecular weight excluding hydrogens is 226 g/mol. The minimum absolute atomic E-state index is 0.0361. The van der Waals surface area contributed by atoms with Crippen LogP contribution >= 0.6 is 12.6 Å². The van der Waals surface area contributed by atoms with Crippen molar-refractivity contribution in [1.29, 1.82) is 0 Å². The third kappa shape index (κ3) is 2.91. The molecule has 0 heterocycles. The van der Waals surface area contributed by atoms with Gasteiger partial charge in [-0.05, 0) is 6.07 Å². The second kappa shape index (κ2) is 6.03. The molecule has 0 bridgehead atoms. The lowest BCUT2D eigenvalue weighted by Crippen LogP contribution is -1.95. The molecule has 0 aliphatic rings. The number of hydrogen-bond donors (Lipinski definition) is 1. The SMILES string of the molecule is COc1cccc([N+](=O)[O-])c1C#CCCS. The lowest BCUT2D eigenvalue weighted by molar-refractivity contribution is -0.385. The van der Waals surface area contributed by atoms with Crippen molar-refractivity contribution in [2.24, 2.45) is 0 Å². The summed E-state index contributed by atoms with van der Waals surface area (Å²) in [6.45, 7) is 0. The Morgan fingerprint density at radius 1 is 1.56 bits per heavy atom. The Morgan fingerprint density at radius 3 is 2.88 bits per heavy atom. The molecule has 16 heavy (non-hydrogen) atoms. The summed E-state index contributed by atoms with van der Waals surface area (Å²) in [5.41, 5.74) is 0.280. The van der Waals surface area contributed by atoms with Gasteiger partial charge in [0.05, 0.1) is 12.0 Å². The van der Waals surface area contributed by atoms with E-state index in [1.165, 1.54) is 13.2 Å². The third-order valence-corrected chi connectivity index (χ3v) is 2.09. The van der Waals surface area contributed by atoms with E-state index in [1.54, 1.807) is 12.1 Å². The maximum atomic E-state index is 10.8. The van der Waals surface area contributed by atoms with E-state index < -0.39 is 4.92 Å². The molecule has 0 unspecified atom stereocenters. The van der Waals surface area contributed by atoms with E-state index in [2.05, 4.69) is 24.5 Å². The zero-order chi connectivity index (χ0) is 12.0. The predicted octanol–water partition coefficient (Wildman–Crippen LogP) is 2.27. The van der Waals surface area contributed by atoms with Gasteiger partial charge < -0.3 is 4.74 Å². The number of thiol groups is 1. The molecule has 4 nitrogen and oxygen atoms in total. The molecule has 84 valence electrons. The average Bonchev–Trinajstić information content (AvgIpc) is 2.29. The quantitative estimate of drug-likeness (QED) is 0.380. The van der Waals surface area contributed by atoms with Crippen molar-refractivity contribution < 1.29 is 9.66 Å². The van der Waals surface area contributed by atoms with Crippen LogP contribution in [0.15, 0.2) is 18.2 Å². The Bertz CT molecular complexity index is 448. The van der Waals surface area contributed by atoms with Gasteiger partial charge in [0, 0.05) is 18.2 Å². The summed E-state index contributed by atoms with van der Waals surface area (Å²) in [4.78, 5) is 10.3. The van der Waals surface area contributed by atoms with Crippen LogP contribution in [-0.2, 0) is 0 Å². The summed E-state index contributed by atoms with van der Waals surface area (Å²) in [7, 11) is 1.46. The van der Waals surface area contributed by atoms with Crippen LogP contribution < -0.4 is 4.74 Å². The number of methoxy groups -OCH3 is 1. The Kier molecular flexibility index (Phi) is 4.67. The molecule has 0 aliphatic heterocycles. The normalized spacial score (nSPS) is 9.12. The smallest absolute Gasteiger partial charge is 0.288 e. The van der Waals surface area contributed by atoms with Crippen molar-refractivity contribution in [2.75, 3.05) is 12.9 Å². The molecule has 0 aliphatic carbocycles. The number of ether oxygens (including phenoxy) is 1. The van der Waals surface area contributed by atoms with Crippen molar-refractivity contribution in [3.8, 4) is 17.6 Å². The molecule has 0 aromatic heterocycles. The molecule has 1 rings (SSSR count). The van der Waals surface area contributed by atoms with E-state index in [9.17, 15) is 10.1 Å². The van der Waals surface area contributed by atoms with Gasteiger partial charge in [0.25, 0.3) is 5.69 Å². The fraction of sp³-hybridized carbons (Fsp3) is 0.273. The van der Waals surface area contributed by atoms with Crippen molar-refractivity contribution in [1.82, 2.24) is 0 Å². The van der Waals surface area contributed by atoms with Gasteiger partial charge in [-0.2, -0.15) is 12.6 Å². The average molecular weight is 237 g/mol. The fourth-order valence-electron chi connectivity index (χ4n) is 1.17. The molecule has 0 N–H and O–H groups in total. The first-order valence-electron chi connectivity index (χ1n) is 4.61. The molecule has 0 atom stereocenters. The van der Waals surface area contributed by atoms with Gasteiger partial charge in [0.2, 0.25) is 0 Å². The Labute approximate surface area is 99.2 Å². The van der Waals surface area contributed by atoms with Crippen molar-refractivity contribution in [3.63, 3.8) is 0 Å². The number of nitro groups is 1. The van der Waals surface area contributed by atoms with Crippen LogP contribution in [-0.4, -0.2) is 17.8 Å². The highest BCUT2D eigenvalue weighted by molar-refractivity contribution is 7.80. The molecular formula is C11H11NO3S. The standard InChI is InChI=1S/C11H11NO3S/c1-15-11-7-4-6-10(12(13)14)9(11)5-2-3-8-16/h4,6-7,16H,3,8H2,1H3.